The summed E-state index contributed by atoms with van der Waals surface area (Å²) >= 11 is 0. The molecule has 1 aliphatic rings. The Kier molecular flexibility index (Phi) is 4.08. The van der Waals surface area contributed by atoms with Gasteiger partial charge >= 0.3 is 0 Å². The Balaban J connectivity index is 1.75. The molecule has 134 valence electrons. The van der Waals surface area contributed by atoms with E-state index in [4.69, 9.17) is 0 Å². The molecule has 0 aliphatic carbocycles. The van der Waals surface area contributed by atoms with Crippen LogP contribution >= 0.6 is 0 Å². The lowest BCUT2D eigenvalue weighted by atomic mass is 10.1. The molecule has 0 saturated heterocycles. The van der Waals surface area contributed by atoms with Crippen LogP contribution in [0.1, 0.15) is 18.2 Å². The number of hydrogen-bond acceptors (Lipinski definition) is 3. The molecule has 3 aromatic rings. The fourth-order valence-electron chi connectivity index (χ4n) is 3.11. The number of aromatic nitrogens is 2. The van der Waals surface area contributed by atoms with E-state index >= 15 is 0 Å². The van der Waals surface area contributed by atoms with Crippen LogP contribution in [0.2, 0.25) is 0 Å². The van der Waals surface area contributed by atoms with E-state index < -0.39 is 0 Å². The second-order valence-electron chi connectivity index (χ2n) is 6.31. The number of nitrogens with one attached hydrogen (secondary N) is 1. The highest BCUT2D eigenvalue weighted by Crippen LogP contribution is 2.25. The van der Waals surface area contributed by atoms with E-state index in [0.29, 0.717) is 22.5 Å². The van der Waals surface area contributed by atoms with Crippen LogP contribution in [0.15, 0.2) is 76.1 Å². The molecule has 0 saturated carbocycles. The van der Waals surface area contributed by atoms with Gasteiger partial charge in [0, 0.05) is 0 Å². The molecule has 27 heavy (non-hydrogen) atoms. The lowest BCUT2D eigenvalue weighted by molar-refractivity contribution is -0.114. The molecule has 2 aromatic carbocycles. The van der Waals surface area contributed by atoms with Gasteiger partial charge in [0.25, 0.3) is 11.5 Å². The second-order valence-corrected chi connectivity index (χ2v) is 6.31. The summed E-state index contributed by atoms with van der Waals surface area (Å²) in [6.07, 6.45) is 1.62. The Morgan fingerprint density at radius 2 is 1.48 bits per heavy atom. The molecule has 1 aliphatic heterocycles. The molecule has 0 unspecified atom stereocenters. The summed E-state index contributed by atoms with van der Waals surface area (Å²) < 4.78 is 1.72. The Bertz CT molecular complexity index is 1120. The second kappa shape index (κ2) is 6.57. The van der Waals surface area contributed by atoms with E-state index in [1.54, 1.807) is 17.7 Å². The van der Waals surface area contributed by atoms with E-state index in [0.717, 1.165) is 11.4 Å². The first-order chi connectivity index (χ1) is 13.1. The molecule has 0 radical (unpaired) electrons. The summed E-state index contributed by atoms with van der Waals surface area (Å²) in [7, 11) is 0. The highest BCUT2D eigenvalue weighted by molar-refractivity contribution is 6.32. The number of benzene rings is 2. The van der Waals surface area contributed by atoms with Gasteiger partial charge in [-0.15, -0.1) is 0 Å². The maximum Gasteiger partial charge on any atom is 0.280 e. The minimum Gasteiger partial charge on any atom is -0.267 e. The van der Waals surface area contributed by atoms with Gasteiger partial charge in [-0.1, -0.05) is 36.4 Å². The predicted molar refractivity (Wildman–Crippen MR) is 106 cm³/mol. The molecule has 0 atom stereocenters. The van der Waals surface area contributed by atoms with Crippen LogP contribution in [0.3, 0.4) is 0 Å². The van der Waals surface area contributed by atoms with Gasteiger partial charge in [-0.2, -0.15) is 10.1 Å². The summed E-state index contributed by atoms with van der Waals surface area (Å²) in [5.41, 5.74) is 3.48. The summed E-state index contributed by atoms with van der Waals surface area (Å²) in [5, 5.41) is 8.54. The number of carbonyl (C=O) groups is 1. The third-order valence-electron chi connectivity index (χ3n) is 4.55. The lowest BCUT2D eigenvalue weighted by Gasteiger charge is -2.10. The Labute approximate surface area is 156 Å². The highest BCUT2D eigenvalue weighted by Gasteiger charge is 2.29. The molecule has 4 rings (SSSR count). The first kappa shape index (κ1) is 16.8. The maximum absolute atomic E-state index is 12.8. The van der Waals surface area contributed by atoms with E-state index in [1.165, 1.54) is 5.01 Å². The number of carbonyl (C=O) groups excluding carboxylic acids is 1. The molecule has 2 heterocycles. The van der Waals surface area contributed by atoms with Gasteiger partial charge in [0.1, 0.15) is 0 Å². The van der Waals surface area contributed by atoms with Crippen LogP contribution in [-0.2, 0) is 4.79 Å². The summed E-state index contributed by atoms with van der Waals surface area (Å²) in [6, 6.07) is 18.8. The summed E-state index contributed by atoms with van der Waals surface area (Å²) in [5.74, 6) is -0.245. The minimum atomic E-state index is -0.248. The number of amides is 1. The van der Waals surface area contributed by atoms with Crippen LogP contribution in [0, 0.1) is 6.92 Å². The standard InChI is InChI=1S/C21H18N4O2/c1-14-18(21(27)25(22-14)17-11-7-4-8-12-17)13-19-15(2)24(23-20(19)26)16-9-5-3-6-10-16/h3-13H,1-2H3,(H,23,26)/b18-13+. The number of H-pyrrole nitrogens is 1. The average molecular weight is 358 g/mol. The topological polar surface area (TPSA) is 70.5 Å². The number of nitrogens with zero attached hydrogens (tertiary/aromatic N) is 3. The summed E-state index contributed by atoms with van der Waals surface area (Å²) in [4.78, 5) is 25.3. The van der Waals surface area contributed by atoms with Crippen molar-refractivity contribution in [3.05, 3.63) is 87.8 Å². The number of para-hydroxylation sites is 2. The third kappa shape index (κ3) is 2.91. The van der Waals surface area contributed by atoms with E-state index in [-0.39, 0.29) is 11.5 Å². The van der Waals surface area contributed by atoms with Crippen molar-refractivity contribution in [1.82, 2.24) is 9.78 Å². The number of hydrazone groups is 1. The van der Waals surface area contributed by atoms with Gasteiger partial charge in [0.05, 0.1) is 33.9 Å². The average Bonchev–Trinajstić information content (AvgIpc) is 3.14. The largest absolute Gasteiger partial charge is 0.280 e. The van der Waals surface area contributed by atoms with Crippen LogP contribution in [0.4, 0.5) is 5.69 Å². The molecule has 0 fully saturated rings. The molecule has 6 nitrogen and oxygen atoms in total. The van der Waals surface area contributed by atoms with Gasteiger partial charge in [0.2, 0.25) is 0 Å². The maximum atomic E-state index is 12.8. The van der Waals surface area contributed by atoms with Crippen molar-refractivity contribution >= 4 is 23.4 Å². The monoisotopic (exact) mass is 358 g/mol. The quantitative estimate of drug-likeness (QED) is 0.730. The third-order valence-corrected chi connectivity index (χ3v) is 4.55. The zero-order valence-electron chi connectivity index (χ0n) is 15.0. The van der Waals surface area contributed by atoms with Crippen molar-refractivity contribution in [3.63, 3.8) is 0 Å². The Morgan fingerprint density at radius 3 is 2.11 bits per heavy atom. The van der Waals surface area contributed by atoms with Crippen LogP contribution in [-0.4, -0.2) is 21.4 Å². The molecule has 1 aromatic heterocycles. The van der Waals surface area contributed by atoms with Crippen LogP contribution < -0.4 is 10.6 Å². The first-order valence-corrected chi connectivity index (χ1v) is 8.60. The number of hydrogen-bond donors (Lipinski definition) is 1. The zero-order valence-corrected chi connectivity index (χ0v) is 15.0. The van der Waals surface area contributed by atoms with Crippen molar-refractivity contribution < 1.29 is 4.79 Å². The van der Waals surface area contributed by atoms with E-state index in [1.807, 2.05) is 67.6 Å². The fraction of sp³-hybridized carbons (Fsp3) is 0.0952. The van der Waals surface area contributed by atoms with Gasteiger partial charge in [-0.25, -0.2) is 0 Å². The first-order valence-electron chi connectivity index (χ1n) is 8.60. The summed E-state index contributed by atoms with van der Waals surface area (Å²) in [6.45, 7) is 3.61. The molecule has 0 bridgehead atoms. The van der Waals surface area contributed by atoms with Crippen molar-refractivity contribution in [2.75, 3.05) is 5.01 Å². The Hall–Kier alpha value is -3.67. The van der Waals surface area contributed by atoms with Crippen LogP contribution in [0.5, 0.6) is 0 Å². The van der Waals surface area contributed by atoms with E-state index in [9.17, 15) is 9.59 Å². The van der Waals surface area contributed by atoms with Gasteiger partial charge in [-0.05, 0) is 44.2 Å². The fourth-order valence-corrected chi connectivity index (χ4v) is 3.11. The molecule has 1 amide bonds. The number of rotatable bonds is 3. The molecular formula is C21H18N4O2. The predicted octanol–water partition coefficient (Wildman–Crippen LogP) is 3.28. The van der Waals surface area contributed by atoms with Crippen molar-refractivity contribution in [2.45, 2.75) is 13.8 Å². The number of anilines is 1. The SMILES string of the molecule is CC1=NN(c2ccccc2)C(=O)/C1=C/c1c(C)n(-c2ccccc2)[nH]c1=O. The minimum absolute atomic E-state index is 0.245. The number of aromatic amines is 1. The van der Waals surface area contributed by atoms with E-state index in [2.05, 4.69) is 10.2 Å². The Morgan fingerprint density at radius 1 is 0.889 bits per heavy atom. The highest BCUT2D eigenvalue weighted by atomic mass is 16.2. The normalized spacial score (nSPS) is 15.5. The van der Waals surface area contributed by atoms with Crippen molar-refractivity contribution in [1.29, 1.82) is 0 Å². The molecule has 6 heteroatoms. The molecule has 1 N–H and O–H groups in total. The molecule has 0 spiro atoms. The zero-order chi connectivity index (χ0) is 19.0. The molecular weight excluding hydrogens is 340 g/mol. The van der Waals surface area contributed by atoms with Crippen molar-refractivity contribution in [3.8, 4) is 5.69 Å². The van der Waals surface area contributed by atoms with Gasteiger partial charge < -0.3 is 0 Å². The van der Waals surface area contributed by atoms with Gasteiger partial charge in [-0.3, -0.25) is 19.4 Å². The van der Waals surface area contributed by atoms with Gasteiger partial charge in [0.15, 0.2) is 0 Å². The van der Waals surface area contributed by atoms with Crippen LogP contribution in [0.25, 0.3) is 11.8 Å². The van der Waals surface area contributed by atoms with Crippen molar-refractivity contribution in [2.24, 2.45) is 5.10 Å². The smallest absolute Gasteiger partial charge is 0.267 e. The lowest BCUT2D eigenvalue weighted by Crippen LogP contribution is -2.21.